The summed E-state index contributed by atoms with van der Waals surface area (Å²) in [4.78, 5) is 16.9. The fourth-order valence-corrected chi connectivity index (χ4v) is 5.27. The lowest BCUT2D eigenvalue weighted by Gasteiger charge is -2.24. The first-order chi connectivity index (χ1) is 16.1. The van der Waals surface area contributed by atoms with Crippen LogP contribution in [0.4, 0.5) is 0 Å². The SMILES string of the molecule is CCCCCCCCC1C=CC(/C(C)=C/c2ccc(C(=O)OC)o2)=C2N=C3CCCCC3=C21. The van der Waals surface area contributed by atoms with E-state index < -0.39 is 5.97 Å². The Hall–Kier alpha value is -2.62. The predicted molar refractivity (Wildman–Crippen MR) is 134 cm³/mol. The third-order valence-electron chi connectivity index (χ3n) is 7.05. The van der Waals surface area contributed by atoms with Crippen molar-refractivity contribution in [1.82, 2.24) is 0 Å². The molecule has 4 nitrogen and oxygen atoms in total. The van der Waals surface area contributed by atoms with E-state index in [1.54, 1.807) is 6.07 Å². The van der Waals surface area contributed by atoms with Crippen LogP contribution in [0.3, 0.4) is 0 Å². The van der Waals surface area contributed by atoms with E-state index in [4.69, 9.17) is 14.1 Å². The van der Waals surface area contributed by atoms with Gasteiger partial charge >= 0.3 is 5.97 Å². The van der Waals surface area contributed by atoms with Crippen LogP contribution in [0.5, 0.6) is 0 Å². The van der Waals surface area contributed by atoms with E-state index in [2.05, 4.69) is 26.0 Å². The monoisotopic (exact) mass is 447 g/mol. The molecule has 0 spiro atoms. The Morgan fingerprint density at radius 1 is 1.15 bits per heavy atom. The molecule has 1 unspecified atom stereocenters. The number of rotatable bonds is 10. The molecule has 1 saturated carbocycles. The zero-order valence-electron chi connectivity index (χ0n) is 20.4. The smallest absolute Gasteiger partial charge is 0.373 e. The molecule has 0 saturated heterocycles. The molecular weight excluding hydrogens is 410 g/mol. The number of unbranched alkanes of at least 4 members (excludes halogenated alkanes) is 5. The number of methoxy groups -OCH3 is 1. The van der Waals surface area contributed by atoms with Gasteiger partial charge in [-0.15, -0.1) is 0 Å². The third kappa shape index (κ3) is 5.31. The summed E-state index contributed by atoms with van der Waals surface area (Å²) in [7, 11) is 1.36. The molecule has 1 aromatic heterocycles. The molecule has 1 aliphatic heterocycles. The van der Waals surface area contributed by atoms with Crippen LogP contribution in [0.15, 0.2) is 61.7 Å². The van der Waals surface area contributed by atoms with Gasteiger partial charge in [-0.05, 0) is 74.0 Å². The first-order valence-electron chi connectivity index (χ1n) is 12.7. The molecule has 33 heavy (non-hydrogen) atoms. The Labute approximate surface area is 198 Å². The summed E-state index contributed by atoms with van der Waals surface area (Å²) >= 11 is 0. The molecule has 1 fully saturated rings. The number of allylic oxidation sites excluding steroid dienone is 6. The van der Waals surface area contributed by atoms with Gasteiger partial charge in [0.15, 0.2) is 0 Å². The number of ether oxygens (including phenoxy) is 1. The minimum absolute atomic E-state index is 0.224. The van der Waals surface area contributed by atoms with Crippen LogP contribution in [-0.2, 0) is 4.74 Å². The van der Waals surface area contributed by atoms with Crippen molar-refractivity contribution in [3.63, 3.8) is 0 Å². The van der Waals surface area contributed by atoms with Crippen LogP contribution in [0.1, 0.15) is 101 Å². The Balaban J connectivity index is 1.56. The summed E-state index contributed by atoms with van der Waals surface area (Å²) in [5.41, 5.74) is 7.78. The van der Waals surface area contributed by atoms with E-state index in [0.717, 1.165) is 18.4 Å². The predicted octanol–water partition coefficient (Wildman–Crippen LogP) is 7.99. The van der Waals surface area contributed by atoms with Gasteiger partial charge < -0.3 is 9.15 Å². The molecule has 0 bridgehead atoms. The van der Waals surface area contributed by atoms with Crippen molar-refractivity contribution in [2.45, 2.75) is 84.5 Å². The lowest BCUT2D eigenvalue weighted by atomic mass is 9.79. The Bertz CT molecular complexity index is 1030. The summed E-state index contributed by atoms with van der Waals surface area (Å²) in [6.07, 6.45) is 20.6. The lowest BCUT2D eigenvalue weighted by Crippen LogP contribution is -2.13. The van der Waals surface area contributed by atoms with Gasteiger partial charge in [0.05, 0.1) is 12.8 Å². The van der Waals surface area contributed by atoms with Gasteiger partial charge in [0.2, 0.25) is 5.76 Å². The number of hydrogen-bond donors (Lipinski definition) is 0. The molecule has 0 radical (unpaired) electrons. The van der Waals surface area contributed by atoms with E-state index >= 15 is 0 Å². The van der Waals surface area contributed by atoms with Crippen LogP contribution >= 0.6 is 0 Å². The fraction of sp³-hybridized carbons (Fsp3) is 0.517. The summed E-state index contributed by atoms with van der Waals surface area (Å²) in [6.45, 7) is 4.37. The molecule has 3 aliphatic rings. The largest absolute Gasteiger partial charge is 0.463 e. The first kappa shape index (κ1) is 23.5. The second-order valence-electron chi connectivity index (χ2n) is 9.46. The minimum atomic E-state index is -0.456. The van der Waals surface area contributed by atoms with Gasteiger partial charge in [-0.3, -0.25) is 4.99 Å². The highest BCUT2D eigenvalue weighted by atomic mass is 16.5. The summed E-state index contributed by atoms with van der Waals surface area (Å²) in [5.74, 6) is 0.900. The van der Waals surface area contributed by atoms with Crippen LogP contribution in [0, 0.1) is 5.92 Å². The molecule has 2 heterocycles. The highest BCUT2D eigenvalue weighted by Crippen LogP contribution is 2.45. The maximum absolute atomic E-state index is 11.7. The molecule has 0 N–H and O–H groups in total. The zero-order valence-corrected chi connectivity index (χ0v) is 20.4. The molecule has 2 aliphatic carbocycles. The molecule has 4 rings (SSSR count). The minimum Gasteiger partial charge on any atom is -0.463 e. The van der Waals surface area contributed by atoms with E-state index in [-0.39, 0.29) is 5.76 Å². The molecular formula is C29H37NO3. The number of nitrogens with zero attached hydrogens (tertiary/aromatic N) is 1. The van der Waals surface area contributed by atoms with Gasteiger partial charge in [0.25, 0.3) is 0 Å². The van der Waals surface area contributed by atoms with Gasteiger partial charge in [-0.25, -0.2) is 4.79 Å². The quantitative estimate of drug-likeness (QED) is 0.270. The molecule has 1 atom stereocenters. The van der Waals surface area contributed by atoms with Crippen molar-refractivity contribution >= 4 is 17.8 Å². The molecule has 0 aromatic carbocycles. The Morgan fingerprint density at radius 2 is 1.94 bits per heavy atom. The highest BCUT2D eigenvalue weighted by molar-refractivity contribution is 6.06. The Morgan fingerprint density at radius 3 is 2.76 bits per heavy atom. The third-order valence-corrected chi connectivity index (χ3v) is 7.05. The van der Waals surface area contributed by atoms with Crippen molar-refractivity contribution in [1.29, 1.82) is 0 Å². The van der Waals surface area contributed by atoms with Crippen LogP contribution in [0.25, 0.3) is 6.08 Å². The number of aliphatic imine (C=N–C) groups is 1. The number of hydrogen-bond acceptors (Lipinski definition) is 4. The van der Waals surface area contributed by atoms with E-state index in [1.165, 1.54) is 93.0 Å². The van der Waals surface area contributed by atoms with Crippen molar-refractivity contribution in [3.8, 4) is 0 Å². The number of carbonyl (C=O) groups excluding carboxylic acids is 1. The normalized spacial score (nSPS) is 20.2. The Kier molecular flexibility index (Phi) is 7.85. The summed E-state index contributed by atoms with van der Waals surface area (Å²) in [5, 5.41) is 0. The van der Waals surface area contributed by atoms with E-state index in [1.807, 2.05) is 12.1 Å². The van der Waals surface area contributed by atoms with Crippen molar-refractivity contribution < 1.29 is 13.9 Å². The maximum atomic E-state index is 11.7. The molecule has 1 aromatic rings. The highest BCUT2D eigenvalue weighted by Gasteiger charge is 2.33. The van der Waals surface area contributed by atoms with Crippen LogP contribution < -0.4 is 0 Å². The number of furan rings is 1. The lowest BCUT2D eigenvalue weighted by molar-refractivity contribution is 0.0564. The first-order valence-corrected chi connectivity index (χ1v) is 12.7. The van der Waals surface area contributed by atoms with Gasteiger partial charge in [0, 0.05) is 17.2 Å². The van der Waals surface area contributed by atoms with Gasteiger partial charge in [-0.1, -0.05) is 57.6 Å². The van der Waals surface area contributed by atoms with Crippen LogP contribution in [-0.4, -0.2) is 18.8 Å². The van der Waals surface area contributed by atoms with Gasteiger partial charge in [-0.2, -0.15) is 0 Å². The van der Waals surface area contributed by atoms with Crippen molar-refractivity contribution in [2.24, 2.45) is 10.9 Å². The second-order valence-corrected chi connectivity index (χ2v) is 9.46. The standard InChI is InChI=1S/C29H37NO3/c1-4-5-6-7-8-9-12-21-15-17-23(28-27(21)24-13-10-11-14-25(24)30-28)20(2)19-22-16-18-26(33-22)29(31)32-3/h15-19,21H,4-14H2,1-3H3/b20-19+. The molecule has 0 amide bonds. The second kappa shape index (κ2) is 11.0. The van der Waals surface area contributed by atoms with Crippen LogP contribution in [0.2, 0.25) is 0 Å². The number of esters is 1. The maximum Gasteiger partial charge on any atom is 0.373 e. The average Bonchev–Trinajstić information content (AvgIpc) is 3.45. The molecule has 4 heteroatoms. The number of carbonyl (C=O) groups is 1. The van der Waals surface area contributed by atoms with Crippen molar-refractivity contribution in [3.05, 3.63) is 63.8 Å². The topological polar surface area (TPSA) is 51.8 Å². The van der Waals surface area contributed by atoms with Gasteiger partial charge in [0.1, 0.15) is 5.76 Å². The number of fused-ring (bicyclic) bond motifs is 2. The van der Waals surface area contributed by atoms with E-state index in [0.29, 0.717) is 11.7 Å². The van der Waals surface area contributed by atoms with E-state index in [9.17, 15) is 4.79 Å². The zero-order chi connectivity index (χ0) is 23.2. The van der Waals surface area contributed by atoms with Crippen molar-refractivity contribution in [2.75, 3.05) is 7.11 Å². The molecule has 176 valence electrons. The summed E-state index contributed by atoms with van der Waals surface area (Å²) < 4.78 is 10.4. The fourth-order valence-electron chi connectivity index (χ4n) is 5.27. The summed E-state index contributed by atoms with van der Waals surface area (Å²) in [6, 6.07) is 3.47. The average molecular weight is 448 g/mol.